The van der Waals surface area contributed by atoms with Crippen molar-refractivity contribution in [2.45, 2.75) is 0 Å². The molecular formula is C8H5BBrIO2S. The summed E-state index contributed by atoms with van der Waals surface area (Å²) in [6.45, 7) is 0. The summed E-state index contributed by atoms with van der Waals surface area (Å²) in [7, 11) is -1.38. The zero-order chi connectivity index (χ0) is 10.3. The summed E-state index contributed by atoms with van der Waals surface area (Å²) in [5, 5.41) is 19.2. The predicted molar refractivity (Wildman–Crippen MR) is 72.1 cm³/mol. The Labute approximate surface area is 107 Å². The van der Waals surface area contributed by atoms with Crippen molar-refractivity contribution in [3.05, 3.63) is 26.2 Å². The average molecular weight is 383 g/mol. The number of benzene rings is 1. The van der Waals surface area contributed by atoms with Gasteiger partial charge in [-0.1, -0.05) is 0 Å². The lowest BCUT2D eigenvalue weighted by atomic mass is 9.89. The minimum Gasteiger partial charge on any atom is -0.423 e. The molecule has 14 heavy (non-hydrogen) atoms. The fraction of sp³-hybridized carbons (Fsp3) is 0. The third kappa shape index (κ3) is 1.86. The summed E-state index contributed by atoms with van der Waals surface area (Å²) in [5.41, 5.74) is 0. The highest BCUT2D eigenvalue weighted by molar-refractivity contribution is 14.1. The normalized spacial score (nSPS) is 10.9. The molecule has 0 aliphatic heterocycles. The smallest absolute Gasteiger partial charge is 0.423 e. The van der Waals surface area contributed by atoms with Crippen molar-refractivity contribution in [2.75, 3.05) is 0 Å². The van der Waals surface area contributed by atoms with Gasteiger partial charge in [-0.05, 0) is 56.7 Å². The van der Waals surface area contributed by atoms with E-state index in [1.807, 2.05) is 18.2 Å². The largest absolute Gasteiger partial charge is 0.499 e. The maximum absolute atomic E-state index is 9.05. The summed E-state index contributed by atoms with van der Waals surface area (Å²) in [6.07, 6.45) is 0. The van der Waals surface area contributed by atoms with Crippen LogP contribution in [0.4, 0.5) is 0 Å². The van der Waals surface area contributed by atoms with Crippen molar-refractivity contribution in [3.63, 3.8) is 0 Å². The Morgan fingerprint density at radius 3 is 2.64 bits per heavy atom. The lowest BCUT2D eigenvalue weighted by molar-refractivity contribution is 0.427. The minimum atomic E-state index is -1.38. The Bertz CT molecular complexity index is 446. The van der Waals surface area contributed by atoms with E-state index in [0.29, 0.717) is 4.78 Å². The van der Waals surface area contributed by atoms with Crippen LogP contribution in [-0.2, 0) is 0 Å². The SMILES string of the molecule is OB(O)c1cc2c(I)ccc(Br)c2s1. The van der Waals surface area contributed by atoms with Crippen LogP contribution >= 0.6 is 49.9 Å². The van der Waals surface area contributed by atoms with E-state index in [1.54, 1.807) is 0 Å². The molecule has 1 aromatic heterocycles. The van der Waals surface area contributed by atoms with Crippen molar-refractivity contribution in [1.82, 2.24) is 0 Å². The van der Waals surface area contributed by atoms with Crippen LogP contribution in [0, 0.1) is 3.57 Å². The van der Waals surface area contributed by atoms with Crippen LogP contribution in [0.25, 0.3) is 10.1 Å². The van der Waals surface area contributed by atoms with Gasteiger partial charge in [0.05, 0.1) is 0 Å². The fourth-order valence-corrected chi connectivity index (χ4v) is 3.54. The molecule has 0 aliphatic carbocycles. The topological polar surface area (TPSA) is 40.5 Å². The molecule has 0 radical (unpaired) electrons. The molecule has 0 amide bonds. The van der Waals surface area contributed by atoms with E-state index in [1.165, 1.54) is 11.3 Å². The third-order valence-corrected chi connectivity index (χ3v) is 4.93. The van der Waals surface area contributed by atoms with Crippen LogP contribution in [-0.4, -0.2) is 17.2 Å². The first kappa shape index (κ1) is 10.9. The zero-order valence-electron chi connectivity index (χ0n) is 6.87. The quantitative estimate of drug-likeness (QED) is 0.584. The van der Waals surface area contributed by atoms with Crippen LogP contribution in [0.5, 0.6) is 0 Å². The van der Waals surface area contributed by atoms with Gasteiger partial charge in [-0.15, -0.1) is 11.3 Å². The van der Waals surface area contributed by atoms with Crippen molar-refractivity contribution >= 4 is 71.8 Å². The molecule has 0 spiro atoms. The molecule has 2 aromatic rings. The summed E-state index contributed by atoms with van der Waals surface area (Å²) in [6, 6.07) is 5.78. The van der Waals surface area contributed by atoms with Gasteiger partial charge in [0.15, 0.2) is 0 Å². The van der Waals surface area contributed by atoms with E-state index >= 15 is 0 Å². The van der Waals surface area contributed by atoms with Crippen LogP contribution in [0.1, 0.15) is 0 Å². The molecule has 1 heterocycles. The van der Waals surface area contributed by atoms with Crippen molar-refractivity contribution in [3.8, 4) is 0 Å². The molecule has 1 aromatic carbocycles. The molecule has 0 fully saturated rings. The highest BCUT2D eigenvalue weighted by Gasteiger charge is 2.16. The fourth-order valence-electron chi connectivity index (χ4n) is 1.20. The molecular weight excluding hydrogens is 378 g/mol. The van der Waals surface area contributed by atoms with Gasteiger partial charge in [0.1, 0.15) is 0 Å². The van der Waals surface area contributed by atoms with Crippen molar-refractivity contribution < 1.29 is 10.0 Å². The van der Waals surface area contributed by atoms with Crippen molar-refractivity contribution in [2.24, 2.45) is 0 Å². The molecule has 0 unspecified atom stereocenters. The van der Waals surface area contributed by atoms with Gasteiger partial charge in [0, 0.05) is 22.9 Å². The molecule has 0 aliphatic rings. The molecule has 0 bridgehead atoms. The predicted octanol–water partition coefficient (Wildman–Crippen LogP) is 1.95. The first-order valence-electron chi connectivity index (χ1n) is 3.83. The van der Waals surface area contributed by atoms with E-state index in [2.05, 4.69) is 38.5 Å². The Balaban J connectivity index is 2.75. The molecule has 2 N–H and O–H groups in total. The summed E-state index contributed by atoms with van der Waals surface area (Å²) in [5.74, 6) is 0. The highest BCUT2D eigenvalue weighted by atomic mass is 127. The van der Waals surface area contributed by atoms with E-state index < -0.39 is 7.12 Å². The van der Waals surface area contributed by atoms with E-state index in [0.717, 1.165) is 18.1 Å². The van der Waals surface area contributed by atoms with Gasteiger partial charge in [-0.2, -0.15) is 0 Å². The van der Waals surface area contributed by atoms with Gasteiger partial charge in [0.2, 0.25) is 0 Å². The van der Waals surface area contributed by atoms with Gasteiger partial charge in [0.25, 0.3) is 0 Å². The van der Waals surface area contributed by atoms with Gasteiger partial charge in [-0.25, -0.2) is 0 Å². The number of rotatable bonds is 1. The van der Waals surface area contributed by atoms with E-state index in [9.17, 15) is 0 Å². The number of hydrogen-bond donors (Lipinski definition) is 2. The lowest BCUT2D eigenvalue weighted by Crippen LogP contribution is -2.26. The Hall–Kier alpha value is 0.375. The van der Waals surface area contributed by atoms with Crippen LogP contribution in [0.2, 0.25) is 0 Å². The second-order valence-corrected chi connectivity index (χ2v) is 5.89. The Morgan fingerprint density at radius 2 is 2.07 bits per heavy atom. The second-order valence-electron chi connectivity index (χ2n) is 2.79. The maximum Gasteiger partial charge on any atom is 0.499 e. The minimum absolute atomic E-state index is 0.574. The molecule has 0 saturated heterocycles. The molecule has 72 valence electrons. The van der Waals surface area contributed by atoms with E-state index in [-0.39, 0.29) is 0 Å². The highest BCUT2D eigenvalue weighted by Crippen LogP contribution is 2.31. The first-order valence-corrected chi connectivity index (χ1v) is 6.52. The number of thiophene rings is 1. The monoisotopic (exact) mass is 382 g/mol. The lowest BCUT2D eigenvalue weighted by Gasteiger charge is -1.95. The van der Waals surface area contributed by atoms with Gasteiger partial charge < -0.3 is 10.0 Å². The van der Waals surface area contributed by atoms with Gasteiger partial charge >= 0.3 is 7.12 Å². The summed E-state index contributed by atoms with van der Waals surface area (Å²) < 4.78 is 3.73. The van der Waals surface area contributed by atoms with Crippen LogP contribution in [0.3, 0.4) is 0 Å². The average Bonchev–Trinajstić information content (AvgIpc) is 2.57. The number of hydrogen-bond acceptors (Lipinski definition) is 3. The van der Waals surface area contributed by atoms with Crippen LogP contribution in [0.15, 0.2) is 22.7 Å². The molecule has 0 saturated carbocycles. The molecule has 2 rings (SSSR count). The van der Waals surface area contributed by atoms with Gasteiger partial charge in [-0.3, -0.25) is 0 Å². The van der Waals surface area contributed by atoms with Crippen molar-refractivity contribution in [1.29, 1.82) is 0 Å². The number of halogens is 2. The summed E-state index contributed by atoms with van der Waals surface area (Å²) in [4.78, 5) is 0. The Morgan fingerprint density at radius 1 is 1.36 bits per heavy atom. The van der Waals surface area contributed by atoms with Crippen LogP contribution < -0.4 is 4.78 Å². The summed E-state index contributed by atoms with van der Waals surface area (Å²) >= 11 is 7.07. The zero-order valence-corrected chi connectivity index (χ0v) is 11.4. The van der Waals surface area contributed by atoms with E-state index in [4.69, 9.17) is 10.0 Å². The molecule has 0 atom stereocenters. The maximum atomic E-state index is 9.05. The standard InChI is InChI=1S/C8H5BBrIO2S/c10-5-1-2-6(11)4-3-7(9(12)13)14-8(4)5/h1-3,12-13H. The second kappa shape index (κ2) is 4.09. The molecule has 6 heteroatoms. The Kier molecular flexibility index (Phi) is 3.18. The third-order valence-electron chi connectivity index (χ3n) is 1.86. The number of fused-ring (bicyclic) bond motifs is 1. The first-order chi connectivity index (χ1) is 6.59. The molecule has 2 nitrogen and oxygen atoms in total.